The highest BCUT2D eigenvalue weighted by atomic mass is 16.6. The van der Waals surface area contributed by atoms with E-state index in [9.17, 15) is 19.7 Å². The van der Waals surface area contributed by atoms with Crippen molar-refractivity contribution in [3.63, 3.8) is 0 Å². The number of nitro benzene ring substituents is 1. The fourth-order valence-corrected chi connectivity index (χ4v) is 1.86. The third-order valence-electron chi connectivity index (χ3n) is 2.93. The standard InChI is InChI=1S/C16H14N4O4/c1-11(21)18-14-7-5-13(6-8-14)16(22)19-17-10-12-3-2-4-15(9-12)20(23)24/h2-10H,1H3,(H,18,21)(H,19,22)/b17-10-. The number of carbonyl (C=O) groups excluding carboxylic acids is 2. The molecule has 0 fully saturated rings. The minimum absolute atomic E-state index is 0.0566. The Morgan fingerprint density at radius 2 is 1.88 bits per heavy atom. The highest BCUT2D eigenvalue weighted by Crippen LogP contribution is 2.12. The first-order chi connectivity index (χ1) is 11.5. The minimum Gasteiger partial charge on any atom is -0.326 e. The van der Waals surface area contributed by atoms with Gasteiger partial charge in [0.15, 0.2) is 0 Å². The zero-order valence-electron chi connectivity index (χ0n) is 12.7. The molecule has 2 aromatic carbocycles. The Morgan fingerprint density at radius 1 is 1.17 bits per heavy atom. The molecule has 0 aromatic heterocycles. The van der Waals surface area contributed by atoms with Crippen LogP contribution in [0.3, 0.4) is 0 Å². The van der Waals surface area contributed by atoms with Crippen molar-refractivity contribution < 1.29 is 14.5 Å². The summed E-state index contributed by atoms with van der Waals surface area (Å²) in [6, 6.07) is 12.2. The highest BCUT2D eigenvalue weighted by molar-refractivity contribution is 5.96. The lowest BCUT2D eigenvalue weighted by molar-refractivity contribution is -0.384. The van der Waals surface area contributed by atoms with Crippen molar-refractivity contribution in [3.8, 4) is 0 Å². The molecule has 0 unspecified atom stereocenters. The Labute approximate surface area is 137 Å². The molecule has 2 N–H and O–H groups in total. The number of amides is 2. The number of hydrogen-bond donors (Lipinski definition) is 2. The second-order valence-electron chi connectivity index (χ2n) is 4.81. The molecule has 2 aromatic rings. The molecule has 8 heteroatoms. The first-order valence-corrected chi connectivity index (χ1v) is 6.91. The van der Waals surface area contributed by atoms with E-state index in [0.717, 1.165) is 0 Å². The van der Waals surface area contributed by atoms with Crippen LogP contribution in [0.4, 0.5) is 11.4 Å². The molecule has 0 saturated carbocycles. The lowest BCUT2D eigenvalue weighted by atomic mass is 10.2. The van der Waals surface area contributed by atoms with Crippen LogP contribution < -0.4 is 10.7 Å². The molecular formula is C16H14N4O4. The van der Waals surface area contributed by atoms with Crippen LogP contribution in [0.25, 0.3) is 0 Å². The summed E-state index contributed by atoms with van der Waals surface area (Å²) in [7, 11) is 0. The van der Waals surface area contributed by atoms with Crippen molar-refractivity contribution in [1.29, 1.82) is 0 Å². The highest BCUT2D eigenvalue weighted by Gasteiger charge is 2.06. The first kappa shape index (κ1) is 16.8. The average molecular weight is 326 g/mol. The summed E-state index contributed by atoms with van der Waals surface area (Å²) in [6.45, 7) is 1.39. The Kier molecular flexibility index (Phi) is 5.35. The normalized spacial score (nSPS) is 10.4. The fourth-order valence-electron chi connectivity index (χ4n) is 1.86. The summed E-state index contributed by atoms with van der Waals surface area (Å²) in [4.78, 5) is 33.0. The Bertz CT molecular complexity index is 800. The SMILES string of the molecule is CC(=O)Nc1ccc(C(=O)N/N=C\c2cccc([N+](=O)[O-])c2)cc1. The number of non-ortho nitro benzene ring substituents is 1. The van der Waals surface area contributed by atoms with Crippen molar-refractivity contribution in [3.05, 3.63) is 69.8 Å². The maximum Gasteiger partial charge on any atom is 0.271 e. The topological polar surface area (TPSA) is 114 Å². The van der Waals surface area contributed by atoms with Gasteiger partial charge in [-0.15, -0.1) is 0 Å². The summed E-state index contributed by atoms with van der Waals surface area (Å²) in [6.07, 6.45) is 1.32. The minimum atomic E-state index is -0.507. The zero-order chi connectivity index (χ0) is 17.5. The number of nitrogens with zero attached hydrogens (tertiary/aromatic N) is 2. The van der Waals surface area contributed by atoms with Crippen molar-refractivity contribution in [2.24, 2.45) is 5.10 Å². The predicted octanol–water partition coefficient (Wildman–Crippen LogP) is 2.32. The molecule has 0 aliphatic rings. The smallest absolute Gasteiger partial charge is 0.271 e. The summed E-state index contributed by atoms with van der Waals surface area (Å²) in [5, 5.41) is 17.0. The summed E-state index contributed by atoms with van der Waals surface area (Å²) < 4.78 is 0. The molecule has 0 aliphatic heterocycles. The molecule has 0 saturated heterocycles. The summed E-state index contributed by atoms with van der Waals surface area (Å²) in [5.41, 5.74) is 3.71. The van der Waals surface area contributed by atoms with E-state index in [1.807, 2.05) is 0 Å². The van der Waals surface area contributed by atoms with Crippen LogP contribution >= 0.6 is 0 Å². The van der Waals surface area contributed by atoms with Gasteiger partial charge >= 0.3 is 0 Å². The molecule has 8 nitrogen and oxygen atoms in total. The van der Waals surface area contributed by atoms with Crippen molar-refractivity contribution >= 4 is 29.4 Å². The van der Waals surface area contributed by atoms with Gasteiger partial charge in [0.1, 0.15) is 0 Å². The number of rotatable bonds is 5. The molecular weight excluding hydrogens is 312 g/mol. The Balaban J connectivity index is 1.98. The van der Waals surface area contributed by atoms with Gasteiger partial charge in [-0.1, -0.05) is 12.1 Å². The van der Waals surface area contributed by atoms with Crippen LogP contribution in [0.5, 0.6) is 0 Å². The van der Waals surface area contributed by atoms with Crippen molar-refractivity contribution in [2.45, 2.75) is 6.92 Å². The molecule has 24 heavy (non-hydrogen) atoms. The molecule has 0 atom stereocenters. The van der Waals surface area contributed by atoms with Crippen LogP contribution in [0.15, 0.2) is 53.6 Å². The van der Waals surface area contributed by atoms with E-state index >= 15 is 0 Å². The van der Waals surface area contributed by atoms with Gasteiger partial charge in [0.25, 0.3) is 11.6 Å². The lowest BCUT2D eigenvalue weighted by Crippen LogP contribution is -2.17. The predicted molar refractivity (Wildman–Crippen MR) is 88.9 cm³/mol. The monoisotopic (exact) mass is 326 g/mol. The van der Waals surface area contributed by atoms with E-state index in [4.69, 9.17) is 0 Å². The molecule has 2 rings (SSSR count). The first-order valence-electron chi connectivity index (χ1n) is 6.91. The number of hydrogen-bond acceptors (Lipinski definition) is 5. The molecule has 0 bridgehead atoms. The van der Waals surface area contributed by atoms with E-state index in [0.29, 0.717) is 16.8 Å². The third-order valence-corrected chi connectivity index (χ3v) is 2.93. The number of hydrazone groups is 1. The zero-order valence-corrected chi connectivity index (χ0v) is 12.7. The summed E-state index contributed by atoms with van der Waals surface area (Å²) in [5.74, 6) is -0.639. The van der Waals surface area contributed by atoms with Gasteiger partial charge in [-0.3, -0.25) is 19.7 Å². The number of anilines is 1. The van der Waals surface area contributed by atoms with Gasteiger partial charge in [0, 0.05) is 35.9 Å². The number of nitrogens with one attached hydrogen (secondary N) is 2. The van der Waals surface area contributed by atoms with Crippen molar-refractivity contribution in [1.82, 2.24) is 5.43 Å². The van der Waals surface area contributed by atoms with E-state index in [1.54, 1.807) is 30.3 Å². The van der Waals surface area contributed by atoms with Gasteiger partial charge in [-0.05, 0) is 24.3 Å². The fraction of sp³-hybridized carbons (Fsp3) is 0.0625. The summed E-state index contributed by atoms with van der Waals surface area (Å²) >= 11 is 0. The number of nitro groups is 1. The van der Waals surface area contributed by atoms with Gasteiger partial charge in [-0.25, -0.2) is 5.43 Å². The largest absolute Gasteiger partial charge is 0.326 e. The van der Waals surface area contributed by atoms with Gasteiger partial charge in [-0.2, -0.15) is 5.10 Å². The van der Waals surface area contributed by atoms with Crippen LogP contribution in [-0.4, -0.2) is 23.0 Å². The van der Waals surface area contributed by atoms with Gasteiger partial charge < -0.3 is 5.32 Å². The quantitative estimate of drug-likeness (QED) is 0.498. The van der Waals surface area contributed by atoms with Crippen LogP contribution in [0.2, 0.25) is 0 Å². The number of carbonyl (C=O) groups is 2. The molecule has 0 aliphatic carbocycles. The number of benzene rings is 2. The van der Waals surface area contributed by atoms with E-state index in [1.165, 1.54) is 31.3 Å². The second kappa shape index (κ2) is 7.63. The van der Waals surface area contributed by atoms with Crippen LogP contribution in [0, 0.1) is 10.1 Å². The molecule has 0 spiro atoms. The van der Waals surface area contributed by atoms with Crippen LogP contribution in [-0.2, 0) is 4.79 Å². The third kappa shape index (κ3) is 4.73. The second-order valence-corrected chi connectivity index (χ2v) is 4.81. The molecule has 122 valence electrons. The Morgan fingerprint density at radius 3 is 2.50 bits per heavy atom. The van der Waals surface area contributed by atoms with Crippen LogP contribution in [0.1, 0.15) is 22.8 Å². The molecule has 0 heterocycles. The maximum atomic E-state index is 11.9. The van der Waals surface area contributed by atoms with E-state index < -0.39 is 10.8 Å². The van der Waals surface area contributed by atoms with Crippen molar-refractivity contribution in [2.75, 3.05) is 5.32 Å². The average Bonchev–Trinajstić information content (AvgIpc) is 2.55. The van der Waals surface area contributed by atoms with Gasteiger partial charge in [0.2, 0.25) is 5.91 Å². The lowest BCUT2D eigenvalue weighted by Gasteiger charge is -2.03. The van der Waals surface area contributed by atoms with Gasteiger partial charge in [0.05, 0.1) is 11.1 Å². The van der Waals surface area contributed by atoms with E-state index in [-0.39, 0.29) is 11.6 Å². The molecule has 2 amide bonds. The Hall–Kier alpha value is -3.55. The maximum absolute atomic E-state index is 11.9. The molecule has 0 radical (unpaired) electrons. The van der Waals surface area contributed by atoms with E-state index in [2.05, 4.69) is 15.8 Å².